The third kappa shape index (κ3) is 3.69. The zero-order chi connectivity index (χ0) is 16.9. The van der Waals surface area contributed by atoms with E-state index < -0.39 is 4.92 Å². The zero-order valence-electron chi connectivity index (χ0n) is 12.9. The van der Waals surface area contributed by atoms with E-state index in [1.54, 1.807) is 0 Å². The molecule has 2 aromatic rings. The molecule has 7 nitrogen and oxygen atoms in total. The summed E-state index contributed by atoms with van der Waals surface area (Å²) in [7, 11) is 0. The molecule has 0 atom stereocenters. The maximum absolute atomic E-state index is 11.7. The molecule has 0 saturated carbocycles. The second-order valence-electron chi connectivity index (χ2n) is 5.35. The van der Waals surface area contributed by atoms with Crippen molar-refractivity contribution in [3.05, 3.63) is 58.1 Å². The molecule has 1 aliphatic rings. The second kappa shape index (κ2) is 7.10. The van der Waals surface area contributed by atoms with Gasteiger partial charge in [0.15, 0.2) is 0 Å². The number of nitro groups is 1. The third-order valence-corrected chi connectivity index (χ3v) is 3.78. The van der Waals surface area contributed by atoms with Crippen LogP contribution in [0.1, 0.15) is 5.56 Å². The predicted molar refractivity (Wildman–Crippen MR) is 89.3 cm³/mol. The molecule has 1 saturated heterocycles. The van der Waals surface area contributed by atoms with E-state index in [0.717, 1.165) is 32.0 Å². The van der Waals surface area contributed by atoms with E-state index in [9.17, 15) is 15.2 Å². The van der Waals surface area contributed by atoms with Crippen molar-refractivity contribution in [2.45, 2.75) is 0 Å². The van der Waals surface area contributed by atoms with E-state index in [2.05, 4.69) is 9.89 Å². The average Bonchev–Trinajstić information content (AvgIpc) is 2.62. The Balaban J connectivity index is 1.75. The first-order valence-electron chi connectivity index (χ1n) is 7.56. The fourth-order valence-corrected chi connectivity index (χ4v) is 2.47. The fraction of sp³-hybridized carbons (Fsp3) is 0.235. The summed E-state index contributed by atoms with van der Waals surface area (Å²) in [5, 5.41) is 22.5. The first-order chi connectivity index (χ1) is 11.6. The molecule has 0 N–H and O–H groups in total. The van der Waals surface area contributed by atoms with Crippen molar-refractivity contribution in [2.75, 3.05) is 31.2 Å². The Morgan fingerprint density at radius 2 is 1.83 bits per heavy atom. The SMILES string of the molecule is O=[N+]([O-])c1ccc([O-])c(C=Nc2ccc(N3CCOCC3)cc2)c1. The highest BCUT2D eigenvalue weighted by atomic mass is 16.6. The van der Waals surface area contributed by atoms with Crippen LogP contribution < -0.4 is 10.0 Å². The number of morpholine rings is 1. The summed E-state index contributed by atoms with van der Waals surface area (Å²) in [5.74, 6) is -0.297. The van der Waals surface area contributed by atoms with Crippen molar-refractivity contribution < 1.29 is 14.8 Å². The molecule has 0 bridgehead atoms. The Morgan fingerprint density at radius 1 is 1.12 bits per heavy atom. The monoisotopic (exact) mass is 326 g/mol. The van der Waals surface area contributed by atoms with Gasteiger partial charge < -0.3 is 14.7 Å². The molecule has 1 fully saturated rings. The summed E-state index contributed by atoms with van der Waals surface area (Å²) in [6.45, 7) is 3.16. The minimum atomic E-state index is -0.534. The van der Waals surface area contributed by atoms with Crippen LogP contribution in [-0.2, 0) is 4.74 Å². The maximum atomic E-state index is 11.7. The molecule has 3 rings (SSSR count). The van der Waals surface area contributed by atoms with Gasteiger partial charge in [0.25, 0.3) is 5.69 Å². The molecule has 0 aliphatic carbocycles. The Hall–Kier alpha value is -2.93. The molecule has 0 aromatic heterocycles. The second-order valence-corrected chi connectivity index (χ2v) is 5.35. The maximum Gasteiger partial charge on any atom is 0.270 e. The molecular formula is C17H16N3O4-. The van der Waals surface area contributed by atoms with Crippen LogP contribution >= 0.6 is 0 Å². The normalized spacial score (nSPS) is 14.9. The van der Waals surface area contributed by atoms with Crippen molar-refractivity contribution in [3.8, 4) is 5.75 Å². The van der Waals surface area contributed by atoms with Crippen molar-refractivity contribution in [1.82, 2.24) is 0 Å². The molecule has 1 aliphatic heterocycles. The van der Waals surface area contributed by atoms with Crippen molar-refractivity contribution in [1.29, 1.82) is 0 Å². The van der Waals surface area contributed by atoms with Crippen LogP contribution in [0.3, 0.4) is 0 Å². The summed E-state index contributed by atoms with van der Waals surface area (Å²) >= 11 is 0. The first kappa shape index (κ1) is 15.9. The molecule has 0 radical (unpaired) electrons. The van der Waals surface area contributed by atoms with Gasteiger partial charge in [-0.2, -0.15) is 0 Å². The number of nitrogens with zero attached hydrogens (tertiary/aromatic N) is 3. The number of aliphatic imine (C=N–C) groups is 1. The first-order valence-corrected chi connectivity index (χ1v) is 7.56. The molecule has 2 aromatic carbocycles. The van der Waals surface area contributed by atoms with Gasteiger partial charge in [0.05, 0.1) is 23.8 Å². The number of non-ortho nitro benzene ring substituents is 1. The topological polar surface area (TPSA) is 91.0 Å². The van der Waals surface area contributed by atoms with Crippen LogP contribution in [-0.4, -0.2) is 37.4 Å². The number of nitro benzene ring substituents is 1. The van der Waals surface area contributed by atoms with E-state index in [1.807, 2.05) is 24.3 Å². The Bertz CT molecular complexity index is 753. The van der Waals surface area contributed by atoms with Gasteiger partial charge in [0.2, 0.25) is 0 Å². The van der Waals surface area contributed by atoms with Gasteiger partial charge in [-0.15, -0.1) is 0 Å². The van der Waals surface area contributed by atoms with Crippen molar-refractivity contribution in [2.24, 2.45) is 4.99 Å². The summed E-state index contributed by atoms with van der Waals surface area (Å²) in [5.41, 5.74) is 1.84. The van der Waals surface area contributed by atoms with E-state index in [0.29, 0.717) is 5.69 Å². The summed E-state index contributed by atoms with van der Waals surface area (Å²) in [4.78, 5) is 16.7. The number of rotatable bonds is 4. The van der Waals surface area contributed by atoms with Crippen LogP contribution in [0.15, 0.2) is 47.5 Å². The van der Waals surface area contributed by atoms with E-state index in [-0.39, 0.29) is 17.0 Å². The minimum absolute atomic E-state index is 0.126. The average molecular weight is 326 g/mol. The molecular weight excluding hydrogens is 310 g/mol. The van der Waals surface area contributed by atoms with Crippen LogP contribution in [0.5, 0.6) is 5.75 Å². The van der Waals surface area contributed by atoms with Gasteiger partial charge in [0, 0.05) is 37.1 Å². The molecule has 1 heterocycles. The number of benzene rings is 2. The fourth-order valence-electron chi connectivity index (χ4n) is 2.47. The number of hydrogen-bond donors (Lipinski definition) is 0. The van der Waals surface area contributed by atoms with Crippen molar-refractivity contribution in [3.63, 3.8) is 0 Å². The summed E-state index contributed by atoms with van der Waals surface area (Å²) in [6.07, 6.45) is 1.36. The van der Waals surface area contributed by atoms with E-state index in [4.69, 9.17) is 4.74 Å². The van der Waals surface area contributed by atoms with Gasteiger partial charge in [-0.3, -0.25) is 15.1 Å². The van der Waals surface area contributed by atoms with Crippen LogP contribution in [0.4, 0.5) is 17.1 Å². The summed E-state index contributed by atoms with van der Waals surface area (Å²) in [6, 6.07) is 11.2. The number of hydrogen-bond acceptors (Lipinski definition) is 6. The molecule has 24 heavy (non-hydrogen) atoms. The lowest BCUT2D eigenvalue weighted by atomic mass is 10.2. The lowest BCUT2D eigenvalue weighted by Crippen LogP contribution is -2.36. The molecule has 124 valence electrons. The molecule has 0 unspecified atom stereocenters. The van der Waals surface area contributed by atoms with Gasteiger partial charge in [0.1, 0.15) is 0 Å². The molecule has 7 heteroatoms. The Kier molecular flexibility index (Phi) is 4.72. The number of anilines is 1. The van der Waals surface area contributed by atoms with Gasteiger partial charge in [-0.05, 0) is 29.8 Å². The van der Waals surface area contributed by atoms with Crippen LogP contribution in [0.25, 0.3) is 0 Å². The standard InChI is InChI=1S/C17H17N3O4/c21-17-6-5-16(20(22)23)11-13(17)12-18-14-1-3-15(4-2-14)19-7-9-24-10-8-19/h1-6,11-12,21H,7-10H2/p-1. The predicted octanol–water partition coefficient (Wildman–Crippen LogP) is 2.26. The Labute approximate surface area is 139 Å². The highest BCUT2D eigenvalue weighted by molar-refractivity contribution is 5.86. The Morgan fingerprint density at radius 3 is 2.50 bits per heavy atom. The van der Waals surface area contributed by atoms with Gasteiger partial charge in [-0.1, -0.05) is 11.8 Å². The van der Waals surface area contributed by atoms with Crippen LogP contribution in [0.2, 0.25) is 0 Å². The van der Waals surface area contributed by atoms with Gasteiger partial charge in [-0.25, -0.2) is 0 Å². The highest BCUT2D eigenvalue weighted by Crippen LogP contribution is 2.23. The lowest BCUT2D eigenvalue weighted by Gasteiger charge is -2.28. The van der Waals surface area contributed by atoms with Crippen LogP contribution in [0, 0.1) is 10.1 Å². The smallest absolute Gasteiger partial charge is 0.270 e. The number of ether oxygens (including phenoxy) is 1. The minimum Gasteiger partial charge on any atom is -0.872 e. The third-order valence-electron chi connectivity index (χ3n) is 3.78. The van der Waals surface area contributed by atoms with Gasteiger partial charge >= 0.3 is 0 Å². The van der Waals surface area contributed by atoms with Crippen molar-refractivity contribution >= 4 is 23.3 Å². The summed E-state index contributed by atoms with van der Waals surface area (Å²) < 4.78 is 5.33. The van der Waals surface area contributed by atoms with E-state index >= 15 is 0 Å². The quantitative estimate of drug-likeness (QED) is 0.488. The molecule has 0 spiro atoms. The highest BCUT2D eigenvalue weighted by Gasteiger charge is 2.10. The zero-order valence-corrected chi connectivity index (χ0v) is 12.9. The molecule has 0 amide bonds. The van der Waals surface area contributed by atoms with E-state index in [1.165, 1.54) is 24.4 Å². The largest absolute Gasteiger partial charge is 0.872 e. The lowest BCUT2D eigenvalue weighted by molar-refractivity contribution is -0.385.